The fourth-order valence-electron chi connectivity index (χ4n) is 3.02. The number of fused-ring (bicyclic) bond motifs is 1. The summed E-state index contributed by atoms with van der Waals surface area (Å²) in [4.78, 5) is 19.0. The van der Waals surface area contributed by atoms with Crippen molar-refractivity contribution < 1.29 is 4.79 Å². The molecule has 1 fully saturated rings. The van der Waals surface area contributed by atoms with Gasteiger partial charge in [0.15, 0.2) is 0 Å². The van der Waals surface area contributed by atoms with Gasteiger partial charge in [-0.05, 0) is 35.6 Å². The minimum Gasteiger partial charge on any atom is -0.335 e. The van der Waals surface area contributed by atoms with E-state index in [4.69, 9.17) is 11.6 Å². The van der Waals surface area contributed by atoms with Crippen LogP contribution in [0.5, 0.6) is 0 Å². The number of likely N-dealkylation sites (tertiary alicyclic amines) is 1. The molecule has 6 heteroatoms. The van der Waals surface area contributed by atoms with E-state index < -0.39 is 0 Å². The van der Waals surface area contributed by atoms with Gasteiger partial charge in [0.1, 0.15) is 0 Å². The molecule has 0 aliphatic carbocycles. The van der Waals surface area contributed by atoms with E-state index in [0.29, 0.717) is 10.4 Å². The zero-order chi connectivity index (χ0) is 14.4. The van der Waals surface area contributed by atoms with Crippen LogP contribution in [0.15, 0.2) is 23.6 Å². The molecule has 0 bridgehead atoms. The molecule has 4 rings (SSSR count). The highest BCUT2D eigenvalue weighted by Crippen LogP contribution is 2.29. The first kappa shape index (κ1) is 13.8. The molecule has 0 radical (unpaired) electrons. The van der Waals surface area contributed by atoms with Gasteiger partial charge in [-0.2, -0.15) is 0 Å². The Morgan fingerprint density at radius 2 is 2.14 bits per heavy atom. The first-order valence-electron chi connectivity index (χ1n) is 7.04. The van der Waals surface area contributed by atoms with Gasteiger partial charge in [-0.1, -0.05) is 11.6 Å². The van der Waals surface area contributed by atoms with Crippen LogP contribution in [0.1, 0.15) is 20.1 Å². The van der Waals surface area contributed by atoms with Gasteiger partial charge in [0, 0.05) is 37.1 Å². The van der Waals surface area contributed by atoms with Crippen LogP contribution in [0, 0.1) is 0 Å². The van der Waals surface area contributed by atoms with E-state index in [1.807, 2.05) is 22.3 Å². The Hall–Kier alpha value is -0.880. The Balaban J connectivity index is 1.36. The normalized spacial score (nSPS) is 19.4. The lowest BCUT2D eigenvalue weighted by molar-refractivity contribution is 0.0224. The maximum Gasteiger partial charge on any atom is 0.264 e. The highest BCUT2D eigenvalue weighted by molar-refractivity contribution is 7.18. The van der Waals surface area contributed by atoms with Crippen molar-refractivity contribution in [3.63, 3.8) is 0 Å². The standard InChI is InChI=1S/C15H15ClN2OS2/c16-14-2-1-13(21-14)15(19)18-8-11(9-18)17-5-3-12-10(7-17)4-6-20-12/h1-2,4,6,11H,3,5,7-9H2. The van der Waals surface area contributed by atoms with E-state index in [-0.39, 0.29) is 5.91 Å². The number of thiophene rings is 2. The van der Waals surface area contributed by atoms with Gasteiger partial charge >= 0.3 is 0 Å². The van der Waals surface area contributed by atoms with E-state index in [0.717, 1.165) is 37.5 Å². The lowest BCUT2D eigenvalue weighted by atomic mass is 10.0. The molecule has 2 aliphatic heterocycles. The zero-order valence-electron chi connectivity index (χ0n) is 11.4. The molecule has 1 amide bonds. The summed E-state index contributed by atoms with van der Waals surface area (Å²) in [5, 5.41) is 2.19. The van der Waals surface area contributed by atoms with Crippen molar-refractivity contribution in [1.29, 1.82) is 0 Å². The summed E-state index contributed by atoms with van der Waals surface area (Å²) in [6.45, 7) is 3.84. The van der Waals surface area contributed by atoms with Crippen LogP contribution in [0.4, 0.5) is 0 Å². The van der Waals surface area contributed by atoms with Crippen molar-refractivity contribution in [2.45, 2.75) is 19.0 Å². The molecular formula is C15H15ClN2OS2. The van der Waals surface area contributed by atoms with Crippen molar-refractivity contribution in [1.82, 2.24) is 9.80 Å². The number of hydrogen-bond donors (Lipinski definition) is 0. The van der Waals surface area contributed by atoms with E-state index in [9.17, 15) is 4.79 Å². The Bertz CT molecular complexity index is 675. The van der Waals surface area contributed by atoms with E-state index in [2.05, 4.69) is 16.3 Å². The number of rotatable bonds is 2. The van der Waals surface area contributed by atoms with Crippen LogP contribution in [0.2, 0.25) is 4.34 Å². The van der Waals surface area contributed by atoms with Gasteiger partial charge in [-0.3, -0.25) is 9.69 Å². The fraction of sp³-hybridized carbons (Fsp3) is 0.400. The molecule has 3 nitrogen and oxygen atoms in total. The van der Waals surface area contributed by atoms with Gasteiger partial charge in [-0.25, -0.2) is 0 Å². The van der Waals surface area contributed by atoms with E-state index >= 15 is 0 Å². The predicted molar refractivity (Wildman–Crippen MR) is 87.5 cm³/mol. The van der Waals surface area contributed by atoms with Crippen LogP contribution >= 0.6 is 34.3 Å². The van der Waals surface area contributed by atoms with Gasteiger partial charge in [0.2, 0.25) is 0 Å². The van der Waals surface area contributed by atoms with E-state index in [1.165, 1.54) is 21.8 Å². The number of carbonyl (C=O) groups excluding carboxylic acids is 1. The predicted octanol–water partition coefficient (Wildman–Crippen LogP) is 3.35. The summed E-state index contributed by atoms with van der Waals surface area (Å²) in [5.74, 6) is 0.122. The number of halogens is 1. The zero-order valence-corrected chi connectivity index (χ0v) is 13.8. The lowest BCUT2D eigenvalue weighted by Crippen LogP contribution is -2.61. The Morgan fingerprint density at radius 3 is 2.90 bits per heavy atom. The first-order chi connectivity index (χ1) is 10.2. The van der Waals surface area contributed by atoms with Crippen molar-refractivity contribution in [3.05, 3.63) is 43.2 Å². The number of hydrogen-bond acceptors (Lipinski definition) is 4. The van der Waals surface area contributed by atoms with Gasteiger partial charge in [-0.15, -0.1) is 22.7 Å². The largest absolute Gasteiger partial charge is 0.335 e. The molecule has 0 aromatic carbocycles. The second kappa shape index (κ2) is 5.39. The second-order valence-corrected chi connectivity index (χ2v) is 8.27. The smallest absolute Gasteiger partial charge is 0.264 e. The topological polar surface area (TPSA) is 23.6 Å². The van der Waals surface area contributed by atoms with Crippen molar-refractivity contribution >= 4 is 40.2 Å². The molecule has 21 heavy (non-hydrogen) atoms. The molecule has 2 aliphatic rings. The molecule has 2 aromatic rings. The number of amides is 1. The molecule has 110 valence electrons. The molecule has 0 spiro atoms. The minimum atomic E-state index is 0.122. The van der Waals surface area contributed by atoms with Gasteiger partial charge < -0.3 is 4.90 Å². The van der Waals surface area contributed by atoms with Crippen LogP contribution < -0.4 is 0 Å². The maximum absolute atomic E-state index is 12.3. The summed E-state index contributed by atoms with van der Waals surface area (Å²) in [6.07, 6.45) is 1.15. The average Bonchev–Trinajstić information content (AvgIpc) is 3.04. The van der Waals surface area contributed by atoms with Crippen molar-refractivity contribution in [2.75, 3.05) is 19.6 Å². The Kier molecular flexibility index (Phi) is 3.53. The second-order valence-electron chi connectivity index (χ2n) is 5.56. The number of nitrogens with zero attached hydrogens (tertiary/aromatic N) is 2. The highest BCUT2D eigenvalue weighted by atomic mass is 35.5. The Morgan fingerprint density at radius 1 is 1.29 bits per heavy atom. The third-order valence-electron chi connectivity index (χ3n) is 4.29. The molecule has 0 unspecified atom stereocenters. The van der Waals surface area contributed by atoms with Crippen LogP contribution in [0.25, 0.3) is 0 Å². The summed E-state index contributed by atoms with van der Waals surface area (Å²) in [6, 6.07) is 6.36. The summed E-state index contributed by atoms with van der Waals surface area (Å²) < 4.78 is 0.677. The number of carbonyl (C=O) groups is 1. The fourth-order valence-corrected chi connectivity index (χ4v) is 4.92. The first-order valence-corrected chi connectivity index (χ1v) is 9.12. The lowest BCUT2D eigenvalue weighted by Gasteiger charge is -2.46. The summed E-state index contributed by atoms with van der Waals surface area (Å²) in [5.41, 5.74) is 1.47. The van der Waals surface area contributed by atoms with Crippen LogP contribution in [0.3, 0.4) is 0 Å². The molecule has 1 saturated heterocycles. The maximum atomic E-state index is 12.3. The summed E-state index contributed by atoms with van der Waals surface area (Å²) >= 11 is 9.13. The SMILES string of the molecule is O=C(c1ccc(Cl)s1)N1CC(N2CCc3sccc3C2)C1. The summed E-state index contributed by atoms with van der Waals surface area (Å²) in [7, 11) is 0. The molecule has 2 aromatic heterocycles. The third-order valence-corrected chi connectivity index (χ3v) is 6.53. The quantitative estimate of drug-likeness (QED) is 0.838. The van der Waals surface area contributed by atoms with Crippen molar-refractivity contribution in [3.8, 4) is 0 Å². The average molecular weight is 339 g/mol. The third kappa shape index (κ3) is 2.52. The Labute approximate surface area is 136 Å². The molecule has 0 saturated carbocycles. The molecule has 0 N–H and O–H groups in total. The van der Waals surface area contributed by atoms with Crippen LogP contribution in [-0.4, -0.2) is 41.4 Å². The monoisotopic (exact) mass is 338 g/mol. The van der Waals surface area contributed by atoms with Crippen LogP contribution in [-0.2, 0) is 13.0 Å². The highest BCUT2D eigenvalue weighted by Gasteiger charge is 2.36. The molecule has 4 heterocycles. The van der Waals surface area contributed by atoms with Crippen molar-refractivity contribution in [2.24, 2.45) is 0 Å². The van der Waals surface area contributed by atoms with Gasteiger partial charge in [0.05, 0.1) is 9.21 Å². The molecular weight excluding hydrogens is 324 g/mol. The van der Waals surface area contributed by atoms with Gasteiger partial charge in [0.25, 0.3) is 5.91 Å². The minimum absolute atomic E-state index is 0.122. The van der Waals surface area contributed by atoms with E-state index in [1.54, 1.807) is 6.07 Å². The molecule has 0 atom stereocenters.